The Kier molecular flexibility index (Phi) is 4.95. The zero-order valence-electron chi connectivity index (χ0n) is 9.98. The summed E-state index contributed by atoms with van der Waals surface area (Å²) < 4.78 is 0. The molecular weight excluding hydrogens is 321 g/mol. The second-order valence-corrected chi connectivity index (χ2v) is 4.97. The predicted octanol–water partition coefficient (Wildman–Crippen LogP) is 3.81. The lowest BCUT2D eigenvalue weighted by Crippen LogP contribution is -2.17. The molecule has 0 aliphatic heterocycles. The highest BCUT2D eigenvalue weighted by Gasteiger charge is 2.04. The standard InChI is InChI=1S/C13H8Cl3N3O/c14-10-3-1-8(11(15)5-10)7-18-19-13(20)9-2-4-12(16)17-6-9/h1-7H,(H,19,20)/b18-7+. The van der Waals surface area contributed by atoms with Gasteiger partial charge in [0.25, 0.3) is 5.91 Å². The lowest BCUT2D eigenvalue weighted by atomic mass is 10.2. The number of aromatic nitrogens is 1. The summed E-state index contributed by atoms with van der Waals surface area (Å²) in [7, 11) is 0. The molecule has 2 rings (SSSR count). The van der Waals surface area contributed by atoms with Crippen LogP contribution in [0.5, 0.6) is 0 Å². The number of carbonyl (C=O) groups excluding carboxylic acids is 1. The fourth-order valence-electron chi connectivity index (χ4n) is 1.34. The van der Waals surface area contributed by atoms with E-state index in [0.717, 1.165) is 0 Å². The van der Waals surface area contributed by atoms with Crippen LogP contribution in [0.4, 0.5) is 0 Å². The molecular formula is C13H8Cl3N3O. The van der Waals surface area contributed by atoms with Gasteiger partial charge in [0, 0.05) is 16.8 Å². The second-order valence-electron chi connectivity index (χ2n) is 3.73. The van der Waals surface area contributed by atoms with Gasteiger partial charge in [-0.1, -0.05) is 40.9 Å². The van der Waals surface area contributed by atoms with Crippen LogP contribution in [0.25, 0.3) is 0 Å². The van der Waals surface area contributed by atoms with Crippen molar-refractivity contribution in [2.24, 2.45) is 5.10 Å². The molecule has 1 aromatic carbocycles. The van der Waals surface area contributed by atoms with Gasteiger partial charge >= 0.3 is 0 Å². The normalized spacial score (nSPS) is 10.8. The summed E-state index contributed by atoms with van der Waals surface area (Å²) in [5.41, 5.74) is 3.36. The van der Waals surface area contributed by atoms with Crippen molar-refractivity contribution in [3.05, 3.63) is 62.9 Å². The average molecular weight is 329 g/mol. The molecule has 0 unspecified atom stereocenters. The van der Waals surface area contributed by atoms with Crippen LogP contribution < -0.4 is 5.43 Å². The molecule has 0 fully saturated rings. The first-order valence-electron chi connectivity index (χ1n) is 5.46. The van der Waals surface area contributed by atoms with Gasteiger partial charge in [0.2, 0.25) is 0 Å². The number of rotatable bonds is 3. The number of nitrogens with zero attached hydrogens (tertiary/aromatic N) is 2. The Hall–Kier alpha value is -1.62. The number of halogens is 3. The average Bonchev–Trinajstić information content (AvgIpc) is 2.42. The molecule has 7 heteroatoms. The number of pyridine rings is 1. The van der Waals surface area contributed by atoms with Gasteiger partial charge in [-0.2, -0.15) is 5.10 Å². The lowest BCUT2D eigenvalue weighted by molar-refractivity contribution is 0.0955. The third-order valence-electron chi connectivity index (χ3n) is 2.32. The zero-order valence-corrected chi connectivity index (χ0v) is 12.2. The van der Waals surface area contributed by atoms with E-state index in [4.69, 9.17) is 34.8 Å². The highest BCUT2D eigenvalue weighted by Crippen LogP contribution is 2.19. The first kappa shape index (κ1) is 14.8. The number of hydrogen-bond acceptors (Lipinski definition) is 3. The van der Waals surface area contributed by atoms with Gasteiger partial charge in [-0.15, -0.1) is 0 Å². The van der Waals surface area contributed by atoms with E-state index in [2.05, 4.69) is 15.5 Å². The quantitative estimate of drug-likeness (QED) is 0.529. The van der Waals surface area contributed by atoms with Gasteiger partial charge < -0.3 is 0 Å². The molecule has 102 valence electrons. The van der Waals surface area contributed by atoms with Gasteiger partial charge in [-0.05, 0) is 24.3 Å². The minimum atomic E-state index is -0.393. The van der Waals surface area contributed by atoms with Crippen molar-refractivity contribution in [2.45, 2.75) is 0 Å². The van der Waals surface area contributed by atoms with Crippen LogP contribution in [0.3, 0.4) is 0 Å². The summed E-state index contributed by atoms with van der Waals surface area (Å²) in [5, 5.41) is 5.11. The molecule has 0 radical (unpaired) electrons. The third kappa shape index (κ3) is 3.93. The van der Waals surface area contributed by atoms with Gasteiger partial charge in [0.15, 0.2) is 0 Å². The van der Waals surface area contributed by atoms with Crippen LogP contribution in [0.2, 0.25) is 15.2 Å². The van der Waals surface area contributed by atoms with Gasteiger partial charge in [-0.25, -0.2) is 10.4 Å². The maximum absolute atomic E-state index is 11.7. The van der Waals surface area contributed by atoms with Crippen molar-refractivity contribution in [1.82, 2.24) is 10.4 Å². The molecule has 1 N–H and O–H groups in total. The van der Waals surface area contributed by atoms with Crippen molar-refractivity contribution in [2.75, 3.05) is 0 Å². The number of amides is 1. The van der Waals surface area contributed by atoms with Crippen molar-refractivity contribution in [3.8, 4) is 0 Å². The van der Waals surface area contributed by atoms with Gasteiger partial charge in [-0.3, -0.25) is 4.79 Å². The molecule has 0 spiro atoms. The summed E-state index contributed by atoms with van der Waals surface area (Å²) in [4.78, 5) is 15.5. The molecule has 4 nitrogen and oxygen atoms in total. The minimum absolute atomic E-state index is 0.318. The highest BCUT2D eigenvalue weighted by atomic mass is 35.5. The second kappa shape index (κ2) is 6.70. The number of nitrogens with one attached hydrogen (secondary N) is 1. The Morgan fingerprint density at radius 3 is 2.65 bits per heavy atom. The SMILES string of the molecule is O=C(N/N=C/c1ccc(Cl)cc1Cl)c1ccc(Cl)nc1. The van der Waals surface area contributed by atoms with Crippen LogP contribution in [0.15, 0.2) is 41.6 Å². The Morgan fingerprint density at radius 2 is 2.00 bits per heavy atom. The number of benzene rings is 1. The maximum Gasteiger partial charge on any atom is 0.272 e. The molecule has 0 atom stereocenters. The first-order valence-corrected chi connectivity index (χ1v) is 6.59. The molecule has 1 amide bonds. The molecule has 0 aliphatic rings. The third-order valence-corrected chi connectivity index (χ3v) is 3.11. The number of hydrogen-bond donors (Lipinski definition) is 1. The van der Waals surface area contributed by atoms with E-state index in [1.54, 1.807) is 24.3 Å². The van der Waals surface area contributed by atoms with Crippen LogP contribution in [-0.2, 0) is 0 Å². The molecule has 1 aromatic heterocycles. The van der Waals surface area contributed by atoms with Crippen LogP contribution in [-0.4, -0.2) is 17.1 Å². The number of carbonyl (C=O) groups is 1. The molecule has 0 bridgehead atoms. The van der Waals surface area contributed by atoms with Crippen molar-refractivity contribution < 1.29 is 4.79 Å². The van der Waals surface area contributed by atoms with E-state index in [9.17, 15) is 4.79 Å². The topological polar surface area (TPSA) is 54.4 Å². The largest absolute Gasteiger partial charge is 0.272 e. The summed E-state index contributed by atoms with van der Waals surface area (Å²) >= 11 is 17.4. The van der Waals surface area contributed by atoms with Crippen molar-refractivity contribution >= 4 is 46.9 Å². The summed E-state index contributed by atoms with van der Waals surface area (Å²) in [6, 6.07) is 8.05. The summed E-state index contributed by atoms with van der Waals surface area (Å²) in [6.45, 7) is 0. The van der Waals surface area contributed by atoms with E-state index in [-0.39, 0.29) is 0 Å². The predicted molar refractivity (Wildman–Crippen MR) is 80.8 cm³/mol. The smallest absolute Gasteiger partial charge is 0.267 e. The Morgan fingerprint density at radius 1 is 1.20 bits per heavy atom. The molecule has 2 aromatic rings. The monoisotopic (exact) mass is 327 g/mol. The van der Waals surface area contributed by atoms with E-state index in [0.29, 0.717) is 26.3 Å². The van der Waals surface area contributed by atoms with Crippen LogP contribution in [0.1, 0.15) is 15.9 Å². The first-order chi connectivity index (χ1) is 9.56. The summed E-state index contributed by atoms with van der Waals surface area (Å²) in [5.74, 6) is -0.393. The molecule has 0 aliphatic carbocycles. The highest BCUT2D eigenvalue weighted by molar-refractivity contribution is 6.36. The van der Waals surface area contributed by atoms with Crippen molar-refractivity contribution in [1.29, 1.82) is 0 Å². The molecule has 1 heterocycles. The fraction of sp³-hybridized carbons (Fsp3) is 0. The Bertz CT molecular complexity index is 656. The molecule has 0 saturated heterocycles. The van der Waals surface area contributed by atoms with Crippen LogP contribution >= 0.6 is 34.8 Å². The molecule has 0 saturated carbocycles. The van der Waals surface area contributed by atoms with E-state index >= 15 is 0 Å². The minimum Gasteiger partial charge on any atom is -0.267 e. The molecule has 20 heavy (non-hydrogen) atoms. The van der Waals surface area contributed by atoms with Crippen molar-refractivity contribution in [3.63, 3.8) is 0 Å². The van der Waals surface area contributed by atoms with E-state index in [1.165, 1.54) is 18.5 Å². The lowest BCUT2D eigenvalue weighted by Gasteiger charge is -2.00. The Balaban J connectivity index is 2.02. The summed E-state index contributed by atoms with van der Waals surface area (Å²) in [6.07, 6.45) is 2.79. The maximum atomic E-state index is 11.7. The fourth-order valence-corrected chi connectivity index (χ4v) is 1.91. The van der Waals surface area contributed by atoms with Gasteiger partial charge in [0.1, 0.15) is 5.15 Å². The number of hydrazone groups is 1. The van der Waals surface area contributed by atoms with Crippen LogP contribution in [0, 0.1) is 0 Å². The van der Waals surface area contributed by atoms with E-state index < -0.39 is 5.91 Å². The van der Waals surface area contributed by atoms with Gasteiger partial charge in [0.05, 0.1) is 16.8 Å². The Labute approximate surface area is 130 Å². The zero-order chi connectivity index (χ0) is 14.5. The van der Waals surface area contributed by atoms with E-state index in [1.807, 2.05) is 0 Å².